The Labute approximate surface area is 141 Å². The maximum atomic E-state index is 12.3. The lowest BCUT2D eigenvalue weighted by Crippen LogP contribution is -2.63. The normalized spacial score (nSPS) is 25.2. The number of hydrogen-bond donors (Lipinski definition) is 3. The predicted octanol–water partition coefficient (Wildman–Crippen LogP) is 3.85. The van der Waals surface area contributed by atoms with Gasteiger partial charge < -0.3 is 10.6 Å². The van der Waals surface area contributed by atoms with E-state index >= 15 is 0 Å². The zero-order valence-corrected chi connectivity index (χ0v) is 14.6. The number of benzene rings is 1. The van der Waals surface area contributed by atoms with Gasteiger partial charge >= 0.3 is 0 Å². The molecule has 1 aromatic carbocycles. The topological polar surface area (TPSA) is 53.2 Å². The van der Waals surface area contributed by atoms with Gasteiger partial charge in [0.15, 0.2) is 6.29 Å². The number of amides is 1. The molecule has 0 bridgehead atoms. The Morgan fingerprint density at radius 2 is 2.05 bits per heavy atom. The summed E-state index contributed by atoms with van der Waals surface area (Å²) in [6.45, 7) is 6.39. The Morgan fingerprint density at radius 3 is 2.64 bits per heavy atom. The number of nitrogens with one attached hydrogen (secondary N) is 3. The first-order valence-corrected chi connectivity index (χ1v) is 8.40. The summed E-state index contributed by atoms with van der Waals surface area (Å²) in [6, 6.07) is 5.34. The van der Waals surface area contributed by atoms with Crippen molar-refractivity contribution < 1.29 is 4.79 Å². The van der Waals surface area contributed by atoms with Gasteiger partial charge in [-0.05, 0) is 37.5 Å². The molecule has 122 valence electrons. The summed E-state index contributed by atoms with van der Waals surface area (Å²) >= 11 is 12.0. The Kier molecular flexibility index (Phi) is 5.95. The van der Waals surface area contributed by atoms with E-state index in [0.29, 0.717) is 16.0 Å². The standard InChI is InChI=1S/C16H23Cl2N3O/c1-9(2)4-6-12-10(3)19-16(21-15(12)22)20-14-7-5-11(17)8-13(14)18/h5,7-10,12,16,19-20H,4,6H2,1-3H3,(H,21,22). The monoisotopic (exact) mass is 343 g/mol. The van der Waals surface area contributed by atoms with Crippen LogP contribution in [-0.2, 0) is 4.79 Å². The molecule has 3 N–H and O–H groups in total. The van der Waals surface area contributed by atoms with E-state index in [9.17, 15) is 4.79 Å². The van der Waals surface area contributed by atoms with Crippen molar-refractivity contribution in [3.05, 3.63) is 28.2 Å². The molecule has 2 rings (SSSR count). The predicted molar refractivity (Wildman–Crippen MR) is 92.2 cm³/mol. The van der Waals surface area contributed by atoms with Gasteiger partial charge in [0.1, 0.15) is 0 Å². The summed E-state index contributed by atoms with van der Waals surface area (Å²) in [5.74, 6) is 0.680. The van der Waals surface area contributed by atoms with Gasteiger partial charge in [0.2, 0.25) is 5.91 Å². The molecular weight excluding hydrogens is 321 g/mol. The van der Waals surface area contributed by atoms with E-state index in [2.05, 4.69) is 29.8 Å². The minimum absolute atomic E-state index is 0.00106. The molecule has 4 nitrogen and oxygen atoms in total. The average Bonchev–Trinajstić information content (AvgIpc) is 2.40. The second-order valence-corrected chi connectivity index (χ2v) is 7.09. The highest BCUT2D eigenvalue weighted by Gasteiger charge is 2.33. The smallest absolute Gasteiger partial charge is 0.227 e. The molecule has 0 saturated carbocycles. The molecule has 6 heteroatoms. The van der Waals surface area contributed by atoms with Crippen LogP contribution in [0, 0.1) is 11.8 Å². The molecule has 0 aliphatic carbocycles. The first kappa shape index (κ1) is 17.4. The molecule has 1 fully saturated rings. The summed E-state index contributed by atoms with van der Waals surface area (Å²) in [5, 5.41) is 10.6. The van der Waals surface area contributed by atoms with E-state index in [1.807, 2.05) is 6.92 Å². The van der Waals surface area contributed by atoms with Crippen LogP contribution in [0.5, 0.6) is 0 Å². The van der Waals surface area contributed by atoms with Crippen molar-refractivity contribution in [1.82, 2.24) is 10.6 Å². The van der Waals surface area contributed by atoms with Crippen molar-refractivity contribution in [2.24, 2.45) is 11.8 Å². The van der Waals surface area contributed by atoms with Crippen LogP contribution in [0.25, 0.3) is 0 Å². The number of hydrogen-bond acceptors (Lipinski definition) is 3. The maximum absolute atomic E-state index is 12.3. The first-order valence-electron chi connectivity index (χ1n) is 7.65. The van der Waals surface area contributed by atoms with Gasteiger partial charge in [-0.2, -0.15) is 0 Å². The quantitative estimate of drug-likeness (QED) is 0.761. The molecule has 0 spiro atoms. The number of carbonyl (C=O) groups excluding carboxylic acids is 1. The van der Waals surface area contributed by atoms with Gasteiger partial charge in [-0.1, -0.05) is 43.5 Å². The van der Waals surface area contributed by atoms with Crippen LogP contribution in [0.3, 0.4) is 0 Å². The van der Waals surface area contributed by atoms with E-state index in [1.54, 1.807) is 18.2 Å². The van der Waals surface area contributed by atoms with E-state index in [-0.39, 0.29) is 24.2 Å². The second-order valence-electron chi connectivity index (χ2n) is 6.24. The van der Waals surface area contributed by atoms with Crippen molar-refractivity contribution in [2.75, 3.05) is 5.32 Å². The third-order valence-electron chi connectivity index (χ3n) is 3.94. The minimum atomic E-state index is -0.337. The highest BCUT2D eigenvalue weighted by Crippen LogP contribution is 2.26. The fraction of sp³-hybridized carbons (Fsp3) is 0.562. The first-order chi connectivity index (χ1) is 10.4. The van der Waals surface area contributed by atoms with Gasteiger partial charge in [-0.3, -0.25) is 10.1 Å². The summed E-state index contributed by atoms with van der Waals surface area (Å²) in [6.07, 6.45) is 1.61. The molecule has 0 aromatic heterocycles. The van der Waals surface area contributed by atoms with Crippen molar-refractivity contribution in [2.45, 2.75) is 45.9 Å². The fourth-order valence-corrected chi connectivity index (χ4v) is 3.09. The number of anilines is 1. The van der Waals surface area contributed by atoms with Crippen molar-refractivity contribution in [3.8, 4) is 0 Å². The van der Waals surface area contributed by atoms with Crippen molar-refractivity contribution in [3.63, 3.8) is 0 Å². The Hall–Kier alpha value is -0.970. The van der Waals surface area contributed by atoms with E-state index in [4.69, 9.17) is 23.2 Å². The van der Waals surface area contributed by atoms with Crippen LogP contribution in [0.15, 0.2) is 18.2 Å². The van der Waals surface area contributed by atoms with E-state index < -0.39 is 0 Å². The van der Waals surface area contributed by atoms with Crippen molar-refractivity contribution in [1.29, 1.82) is 0 Å². The molecule has 3 atom stereocenters. The second kappa shape index (κ2) is 7.53. The average molecular weight is 344 g/mol. The summed E-state index contributed by atoms with van der Waals surface area (Å²) in [5.41, 5.74) is 0.733. The maximum Gasteiger partial charge on any atom is 0.227 e. The third kappa shape index (κ3) is 4.51. The van der Waals surface area contributed by atoms with Crippen LogP contribution in [-0.4, -0.2) is 18.2 Å². The van der Waals surface area contributed by atoms with Crippen LogP contribution in [0.1, 0.15) is 33.6 Å². The molecular formula is C16H23Cl2N3O. The highest BCUT2D eigenvalue weighted by molar-refractivity contribution is 6.36. The molecule has 1 aliphatic heterocycles. The van der Waals surface area contributed by atoms with Crippen LogP contribution in [0.2, 0.25) is 10.0 Å². The molecule has 1 saturated heterocycles. The lowest BCUT2D eigenvalue weighted by molar-refractivity contribution is -0.129. The highest BCUT2D eigenvalue weighted by atomic mass is 35.5. The fourth-order valence-electron chi connectivity index (χ4n) is 2.63. The SMILES string of the molecule is CC(C)CCC1C(=O)NC(Nc2ccc(Cl)cc2Cl)NC1C. The number of rotatable bonds is 5. The molecule has 1 aromatic rings. The van der Waals surface area contributed by atoms with Gasteiger partial charge in [-0.15, -0.1) is 0 Å². The van der Waals surface area contributed by atoms with Gasteiger partial charge in [0.25, 0.3) is 0 Å². The minimum Gasteiger partial charge on any atom is -0.352 e. The van der Waals surface area contributed by atoms with Crippen LogP contribution >= 0.6 is 23.2 Å². The number of carbonyl (C=O) groups is 1. The number of halogens is 2. The summed E-state index contributed by atoms with van der Waals surface area (Å²) < 4.78 is 0. The van der Waals surface area contributed by atoms with Gasteiger partial charge in [0.05, 0.1) is 16.6 Å². The Balaban J connectivity index is 1.97. The zero-order valence-electron chi connectivity index (χ0n) is 13.1. The van der Waals surface area contributed by atoms with Crippen LogP contribution in [0.4, 0.5) is 5.69 Å². The van der Waals surface area contributed by atoms with Crippen molar-refractivity contribution >= 4 is 34.8 Å². The molecule has 1 amide bonds. The van der Waals surface area contributed by atoms with Gasteiger partial charge in [0, 0.05) is 11.1 Å². The lowest BCUT2D eigenvalue weighted by atomic mass is 9.90. The summed E-state index contributed by atoms with van der Waals surface area (Å²) in [4.78, 5) is 12.3. The van der Waals surface area contributed by atoms with E-state index in [0.717, 1.165) is 18.5 Å². The molecule has 1 aliphatic rings. The Morgan fingerprint density at radius 1 is 1.32 bits per heavy atom. The van der Waals surface area contributed by atoms with Crippen LogP contribution < -0.4 is 16.0 Å². The molecule has 0 radical (unpaired) electrons. The zero-order chi connectivity index (χ0) is 16.3. The molecule has 22 heavy (non-hydrogen) atoms. The third-order valence-corrected chi connectivity index (χ3v) is 4.49. The Bertz CT molecular complexity index is 536. The molecule has 3 unspecified atom stereocenters. The lowest BCUT2D eigenvalue weighted by Gasteiger charge is -2.36. The van der Waals surface area contributed by atoms with E-state index in [1.165, 1.54) is 0 Å². The van der Waals surface area contributed by atoms with Gasteiger partial charge in [-0.25, -0.2) is 0 Å². The summed E-state index contributed by atoms with van der Waals surface area (Å²) in [7, 11) is 0. The largest absolute Gasteiger partial charge is 0.352 e. The molecule has 1 heterocycles.